The van der Waals surface area contributed by atoms with Gasteiger partial charge in [0.25, 0.3) is 0 Å². The molecule has 1 aliphatic heterocycles. The van der Waals surface area contributed by atoms with Crippen molar-refractivity contribution in [3.63, 3.8) is 0 Å². The second-order valence-corrected chi connectivity index (χ2v) is 5.38. The smallest absolute Gasteiger partial charge is 0.303 e. The van der Waals surface area contributed by atoms with Crippen LogP contribution in [0.1, 0.15) is 52.9 Å². The molecule has 2 N–H and O–H groups in total. The third-order valence-corrected chi connectivity index (χ3v) is 3.79. The quantitative estimate of drug-likeness (QED) is 0.530. The molecule has 0 aromatic carbocycles. The molecular weight excluding hydrogens is 214 g/mol. The van der Waals surface area contributed by atoms with Gasteiger partial charge in [-0.05, 0) is 32.6 Å². The fourth-order valence-electron chi connectivity index (χ4n) is 2.42. The Balaban J connectivity index is 2.17. The van der Waals surface area contributed by atoms with Gasteiger partial charge in [-0.15, -0.1) is 0 Å². The van der Waals surface area contributed by atoms with Crippen molar-refractivity contribution in [1.82, 2.24) is 5.32 Å². The van der Waals surface area contributed by atoms with E-state index >= 15 is 0 Å². The second-order valence-electron chi connectivity index (χ2n) is 5.38. The van der Waals surface area contributed by atoms with Crippen LogP contribution < -0.4 is 5.32 Å². The fraction of sp³-hybridized carbons (Fsp3) is 0.786. The summed E-state index contributed by atoms with van der Waals surface area (Å²) in [4.78, 5) is 10.4. The summed E-state index contributed by atoms with van der Waals surface area (Å²) in [6, 6.07) is 0.546. The molecule has 0 aromatic rings. The minimum Gasteiger partial charge on any atom is -0.481 e. The van der Waals surface area contributed by atoms with Gasteiger partial charge in [-0.1, -0.05) is 30.9 Å². The first-order chi connectivity index (χ1) is 8.00. The normalized spacial score (nSPS) is 21.9. The Kier molecular flexibility index (Phi) is 5.69. The van der Waals surface area contributed by atoms with E-state index in [1.54, 1.807) is 0 Å². The molecule has 0 saturated heterocycles. The van der Waals surface area contributed by atoms with Crippen LogP contribution in [0.3, 0.4) is 0 Å². The molecule has 0 spiro atoms. The van der Waals surface area contributed by atoms with Crippen molar-refractivity contribution in [2.24, 2.45) is 5.92 Å². The van der Waals surface area contributed by atoms with Crippen LogP contribution in [0.5, 0.6) is 0 Å². The number of hydrogen-bond donors (Lipinski definition) is 2. The number of hydrogen-bond acceptors (Lipinski definition) is 2. The van der Waals surface area contributed by atoms with E-state index in [0.717, 1.165) is 25.8 Å². The maximum atomic E-state index is 10.4. The largest absolute Gasteiger partial charge is 0.481 e. The Morgan fingerprint density at radius 2 is 2.18 bits per heavy atom. The first-order valence-corrected chi connectivity index (χ1v) is 6.62. The third-order valence-electron chi connectivity index (χ3n) is 3.79. The van der Waals surface area contributed by atoms with Gasteiger partial charge in [-0.3, -0.25) is 4.79 Å². The molecule has 2 unspecified atom stereocenters. The molecule has 17 heavy (non-hydrogen) atoms. The van der Waals surface area contributed by atoms with Crippen LogP contribution in [0.15, 0.2) is 11.1 Å². The zero-order valence-electron chi connectivity index (χ0n) is 11.3. The second kappa shape index (κ2) is 6.80. The number of carboxylic acids is 1. The van der Waals surface area contributed by atoms with Gasteiger partial charge >= 0.3 is 5.97 Å². The monoisotopic (exact) mass is 239 g/mol. The summed E-state index contributed by atoms with van der Waals surface area (Å²) >= 11 is 0. The van der Waals surface area contributed by atoms with Crippen molar-refractivity contribution >= 4 is 5.97 Å². The number of unbranched alkanes of at least 4 members (excludes halogenated alkanes) is 1. The number of nitrogens with one attached hydrogen (secondary N) is 1. The minimum absolute atomic E-state index is 0.312. The summed E-state index contributed by atoms with van der Waals surface area (Å²) in [7, 11) is 0. The highest BCUT2D eigenvalue weighted by Gasteiger charge is 2.20. The maximum absolute atomic E-state index is 10.4. The standard InChI is InChI=1S/C14H25NO2/c1-10(6-4-5-7-14(16)17)8-13-12(3)11(2)9-15-13/h10,13,15H,4-9H2,1-3H3,(H,16,17). The molecule has 3 nitrogen and oxygen atoms in total. The molecule has 0 amide bonds. The predicted molar refractivity (Wildman–Crippen MR) is 70.0 cm³/mol. The molecule has 1 rings (SSSR count). The highest BCUT2D eigenvalue weighted by atomic mass is 16.4. The van der Waals surface area contributed by atoms with Crippen molar-refractivity contribution in [3.8, 4) is 0 Å². The molecule has 0 fully saturated rings. The number of aliphatic carboxylic acids is 1. The molecule has 0 aromatic heterocycles. The van der Waals surface area contributed by atoms with Crippen LogP contribution >= 0.6 is 0 Å². The lowest BCUT2D eigenvalue weighted by Gasteiger charge is -2.18. The molecule has 98 valence electrons. The van der Waals surface area contributed by atoms with Crippen molar-refractivity contribution in [2.45, 2.75) is 58.9 Å². The first-order valence-electron chi connectivity index (χ1n) is 6.62. The zero-order chi connectivity index (χ0) is 12.8. The lowest BCUT2D eigenvalue weighted by molar-refractivity contribution is -0.137. The van der Waals surface area contributed by atoms with E-state index in [9.17, 15) is 4.79 Å². The molecular formula is C14H25NO2. The van der Waals surface area contributed by atoms with Crippen molar-refractivity contribution in [3.05, 3.63) is 11.1 Å². The summed E-state index contributed by atoms with van der Waals surface area (Å²) in [6.45, 7) is 7.71. The van der Waals surface area contributed by atoms with E-state index in [4.69, 9.17) is 5.11 Å². The van der Waals surface area contributed by atoms with E-state index < -0.39 is 5.97 Å². The Morgan fingerprint density at radius 1 is 1.47 bits per heavy atom. The number of rotatable bonds is 7. The number of carboxylic acid groups (broad SMARTS) is 1. The average Bonchev–Trinajstić information content (AvgIpc) is 2.56. The Bertz CT molecular complexity index is 297. The Hall–Kier alpha value is -0.830. The van der Waals surface area contributed by atoms with Gasteiger partial charge in [0.2, 0.25) is 0 Å². The minimum atomic E-state index is -0.676. The molecule has 0 bridgehead atoms. The molecule has 0 radical (unpaired) electrons. The highest BCUT2D eigenvalue weighted by Crippen LogP contribution is 2.23. The molecule has 1 aliphatic rings. The summed E-state index contributed by atoms with van der Waals surface area (Å²) < 4.78 is 0. The zero-order valence-corrected chi connectivity index (χ0v) is 11.3. The first kappa shape index (κ1) is 14.2. The van der Waals surface area contributed by atoms with E-state index in [1.165, 1.54) is 17.6 Å². The van der Waals surface area contributed by atoms with Crippen LogP contribution in [-0.4, -0.2) is 23.7 Å². The highest BCUT2D eigenvalue weighted by molar-refractivity contribution is 5.66. The molecule has 3 heteroatoms. The van der Waals surface area contributed by atoms with Gasteiger partial charge in [0.15, 0.2) is 0 Å². The average molecular weight is 239 g/mol. The van der Waals surface area contributed by atoms with Crippen molar-refractivity contribution < 1.29 is 9.90 Å². The topological polar surface area (TPSA) is 49.3 Å². The fourth-order valence-corrected chi connectivity index (χ4v) is 2.42. The van der Waals surface area contributed by atoms with E-state index in [1.807, 2.05) is 0 Å². The molecule has 0 aliphatic carbocycles. The summed E-state index contributed by atoms with van der Waals surface area (Å²) in [5.74, 6) is -0.00772. The lowest BCUT2D eigenvalue weighted by Crippen LogP contribution is -2.26. The van der Waals surface area contributed by atoms with Crippen LogP contribution in [-0.2, 0) is 4.79 Å². The summed E-state index contributed by atoms with van der Waals surface area (Å²) in [5.41, 5.74) is 2.98. The van der Waals surface area contributed by atoms with E-state index in [2.05, 4.69) is 26.1 Å². The van der Waals surface area contributed by atoms with Gasteiger partial charge in [-0.2, -0.15) is 0 Å². The maximum Gasteiger partial charge on any atom is 0.303 e. The number of carbonyl (C=O) groups is 1. The van der Waals surface area contributed by atoms with Gasteiger partial charge < -0.3 is 10.4 Å². The molecule has 2 atom stereocenters. The lowest BCUT2D eigenvalue weighted by atomic mass is 9.93. The van der Waals surface area contributed by atoms with E-state index in [0.29, 0.717) is 18.4 Å². The van der Waals surface area contributed by atoms with Gasteiger partial charge in [-0.25, -0.2) is 0 Å². The van der Waals surface area contributed by atoms with Gasteiger partial charge in [0.05, 0.1) is 0 Å². The van der Waals surface area contributed by atoms with Crippen molar-refractivity contribution in [2.75, 3.05) is 6.54 Å². The summed E-state index contributed by atoms with van der Waals surface area (Å²) in [5, 5.41) is 12.1. The van der Waals surface area contributed by atoms with Crippen LogP contribution in [0.2, 0.25) is 0 Å². The Labute approximate surface area is 104 Å². The van der Waals surface area contributed by atoms with Crippen molar-refractivity contribution in [1.29, 1.82) is 0 Å². The Morgan fingerprint density at radius 3 is 2.71 bits per heavy atom. The molecule has 0 saturated carbocycles. The van der Waals surface area contributed by atoms with Crippen LogP contribution in [0.25, 0.3) is 0 Å². The van der Waals surface area contributed by atoms with Crippen LogP contribution in [0.4, 0.5) is 0 Å². The van der Waals surface area contributed by atoms with Gasteiger partial charge in [0, 0.05) is 19.0 Å². The summed E-state index contributed by atoms with van der Waals surface area (Å²) in [6.07, 6.45) is 4.47. The predicted octanol–water partition coefficient (Wildman–Crippen LogP) is 2.97. The molecule has 1 heterocycles. The third kappa shape index (κ3) is 4.90. The SMILES string of the molecule is CC1=C(C)C(CC(C)CCCCC(=O)O)NC1. The van der Waals surface area contributed by atoms with Crippen LogP contribution in [0, 0.1) is 5.92 Å². The van der Waals surface area contributed by atoms with Gasteiger partial charge in [0.1, 0.15) is 0 Å². The van der Waals surface area contributed by atoms with E-state index in [-0.39, 0.29) is 0 Å².